The lowest BCUT2D eigenvalue weighted by Crippen LogP contribution is -2.25. The standard InChI is InChI=1S/C12H17ClFNO/c1-12(2,8-15)5-6-16-9-3-4-10(13)11(14)7-9/h3-4,7H,5-6,8,15H2,1-2H3. The molecule has 0 spiro atoms. The molecular formula is C12H17ClFNO. The van der Waals surface area contributed by atoms with Crippen LogP contribution in [0.2, 0.25) is 5.02 Å². The lowest BCUT2D eigenvalue weighted by Gasteiger charge is -2.22. The molecule has 0 aliphatic heterocycles. The molecular weight excluding hydrogens is 229 g/mol. The first-order chi connectivity index (χ1) is 7.44. The van der Waals surface area contributed by atoms with E-state index in [1.165, 1.54) is 12.1 Å². The van der Waals surface area contributed by atoms with Crippen LogP contribution in [0, 0.1) is 11.2 Å². The highest BCUT2D eigenvalue weighted by Crippen LogP contribution is 2.22. The molecule has 90 valence electrons. The van der Waals surface area contributed by atoms with Gasteiger partial charge in [0.05, 0.1) is 11.6 Å². The summed E-state index contributed by atoms with van der Waals surface area (Å²) in [5, 5.41) is 0.106. The van der Waals surface area contributed by atoms with Crippen molar-refractivity contribution in [3.05, 3.63) is 29.0 Å². The first-order valence-corrected chi connectivity index (χ1v) is 5.60. The third-order valence-electron chi connectivity index (χ3n) is 2.49. The molecule has 0 aromatic heterocycles. The average Bonchev–Trinajstić information content (AvgIpc) is 2.23. The molecule has 0 radical (unpaired) electrons. The van der Waals surface area contributed by atoms with Gasteiger partial charge in [0.1, 0.15) is 11.6 Å². The maximum atomic E-state index is 13.1. The molecule has 16 heavy (non-hydrogen) atoms. The Morgan fingerprint density at radius 1 is 1.44 bits per heavy atom. The topological polar surface area (TPSA) is 35.2 Å². The van der Waals surface area contributed by atoms with Crippen LogP contribution in [-0.2, 0) is 0 Å². The Labute approximate surface area is 101 Å². The molecule has 4 heteroatoms. The molecule has 0 heterocycles. The second-order valence-corrected chi connectivity index (χ2v) is 4.95. The Kier molecular flexibility index (Phi) is 4.56. The van der Waals surface area contributed by atoms with E-state index in [1.807, 2.05) is 0 Å². The van der Waals surface area contributed by atoms with Gasteiger partial charge in [0.25, 0.3) is 0 Å². The first-order valence-electron chi connectivity index (χ1n) is 5.22. The molecule has 0 unspecified atom stereocenters. The minimum atomic E-state index is -0.461. The number of hydrogen-bond acceptors (Lipinski definition) is 2. The van der Waals surface area contributed by atoms with Crippen molar-refractivity contribution in [2.75, 3.05) is 13.2 Å². The summed E-state index contributed by atoms with van der Waals surface area (Å²) in [6, 6.07) is 4.43. The Bertz CT molecular complexity index is 355. The Balaban J connectivity index is 2.46. The molecule has 0 bridgehead atoms. The van der Waals surface area contributed by atoms with Gasteiger partial charge in [-0.1, -0.05) is 25.4 Å². The molecule has 1 aromatic rings. The molecule has 2 N–H and O–H groups in total. The van der Waals surface area contributed by atoms with E-state index in [-0.39, 0.29) is 10.4 Å². The van der Waals surface area contributed by atoms with Gasteiger partial charge in [-0.3, -0.25) is 0 Å². The van der Waals surface area contributed by atoms with Crippen LogP contribution in [0.25, 0.3) is 0 Å². The fourth-order valence-electron chi connectivity index (χ4n) is 1.11. The highest BCUT2D eigenvalue weighted by atomic mass is 35.5. The van der Waals surface area contributed by atoms with Crippen molar-refractivity contribution in [2.24, 2.45) is 11.1 Å². The lowest BCUT2D eigenvalue weighted by molar-refractivity contribution is 0.233. The molecule has 2 nitrogen and oxygen atoms in total. The van der Waals surface area contributed by atoms with E-state index in [9.17, 15) is 4.39 Å². The van der Waals surface area contributed by atoms with Gasteiger partial charge in [0.2, 0.25) is 0 Å². The van der Waals surface area contributed by atoms with Crippen LogP contribution in [0.1, 0.15) is 20.3 Å². The number of ether oxygens (including phenoxy) is 1. The van der Waals surface area contributed by atoms with Gasteiger partial charge in [0.15, 0.2) is 0 Å². The third kappa shape index (κ3) is 3.99. The van der Waals surface area contributed by atoms with Crippen LogP contribution in [0.4, 0.5) is 4.39 Å². The molecule has 0 saturated heterocycles. The maximum absolute atomic E-state index is 13.1. The predicted octanol–water partition coefficient (Wildman–Crippen LogP) is 3.23. The predicted molar refractivity (Wildman–Crippen MR) is 64.4 cm³/mol. The van der Waals surface area contributed by atoms with Gasteiger partial charge in [-0.05, 0) is 30.5 Å². The quantitative estimate of drug-likeness (QED) is 0.865. The molecule has 0 aliphatic carbocycles. The van der Waals surface area contributed by atoms with Crippen LogP contribution < -0.4 is 10.5 Å². The molecule has 1 aromatic carbocycles. The van der Waals surface area contributed by atoms with Crippen LogP contribution in [-0.4, -0.2) is 13.2 Å². The van der Waals surface area contributed by atoms with Crippen LogP contribution >= 0.6 is 11.6 Å². The molecule has 1 rings (SSSR count). The third-order valence-corrected chi connectivity index (χ3v) is 2.80. The van der Waals surface area contributed by atoms with E-state index in [4.69, 9.17) is 22.1 Å². The largest absolute Gasteiger partial charge is 0.493 e. The molecule has 0 atom stereocenters. The van der Waals surface area contributed by atoms with E-state index in [0.717, 1.165) is 6.42 Å². The van der Waals surface area contributed by atoms with Gasteiger partial charge in [0, 0.05) is 6.07 Å². The minimum Gasteiger partial charge on any atom is -0.493 e. The summed E-state index contributed by atoms with van der Waals surface area (Å²) in [7, 11) is 0. The van der Waals surface area contributed by atoms with Crippen LogP contribution in [0.5, 0.6) is 5.75 Å². The van der Waals surface area contributed by atoms with Crippen molar-refractivity contribution in [2.45, 2.75) is 20.3 Å². The van der Waals surface area contributed by atoms with Crippen molar-refractivity contribution < 1.29 is 9.13 Å². The number of rotatable bonds is 5. The Hall–Kier alpha value is -0.800. The van der Waals surface area contributed by atoms with Crippen molar-refractivity contribution in [3.63, 3.8) is 0 Å². The number of benzene rings is 1. The summed E-state index contributed by atoms with van der Waals surface area (Å²) in [6.07, 6.45) is 0.827. The second-order valence-electron chi connectivity index (χ2n) is 4.54. The molecule has 0 saturated carbocycles. The Morgan fingerprint density at radius 3 is 2.69 bits per heavy atom. The lowest BCUT2D eigenvalue weighted by atomic mass is 9.90. The van der Waals surface area contributed by atoms with Gasteiger partial charge in [-0.2, -0.15) is 0 Å². The minimum absolute atomic E-state index is 0.0466. The van der Waals surface area contributed by atoms with Crippen molar-refractivity contribution in [3.8, 4) is 5.75 Å². The maximum Gasteiger partial charge on any atom is 0.145 e. The first kappa shape index (κ1) is 13.3. The summed E-state index contributed by atoms with van der Waals surface area (Å²) in [5.74, 6) is 0.0342. The summed E-state index contributed by atoms with van der Waals surface area (Å²) in [4.78, 5) is 0. The summed E-state index contributed by atoms with van der Waals surface area (Å²) in [6.45, 7) is 5.26. The monoisotopic (exact) mass is 245 g/mol. The van der Waals surface area contributed by atoms with Gasteiger partial charge in [-0.15, -0.1) is 0 Å². The number of halogens is 2. The molecule has 0 fully saturated rings. The van der Waals surface area contributed by atoms with E-state index >= 15 is 0 Å². The summed E-state index contributed by atoms with van der Waals surface area (Å²) < 4.78 is 18.5. The van der Waals surface area contributed by atoms with E-state index in [2.05, 4.69) is 13.8 Å². The number of hydrogen-bond donors (Lipinski definition) is 1. The summed E-state index contributed by atoms with van der Waals surface area (Å²) in [5.41, 5.74) is 5.64. The van der Waals surface area contributed by atoms with Crippen LogP contribution in [0.3, 0.4) is 0 Å². The zero-order valence-corrected chi connectivity index (χ0v) is 10.4. The van der Waals surface area contributed by atoms with E-state index in [0.29, 0.717) is 18.9 Å². The molecule has 0 amide bonds. The average molecular weight is 246 g/mol. The zero-order chi connectivity index (χ0) is 12.2. The smallest absolute Gasteiger partial charge is 0.145 e. The normalized spacial score (nSPS) is 11.6. The number of nitrogens with two attached hydrogens (primary N) is 1. The highest BCUT2D eigenvalue weighted by Gasteiger charge is 2.15. The van der Waals surface area contributed by atoms with Crippen molar-refractivity contribution >= 4 is 11.6 Å². The van der Waals surface area contributed by atoms with Gasteiger partial charge in [-0.25, -0.2) is 4.39 Å². The fourth-order valence-corrected chi connectivity index (χ4v) is 1.23. The van der Waals surface area contributed by atoms with E-state index in [1.54, 1.807) is 6.07 Å². The highest BCUT2D eigenvalue weighted by molar-refractivity contribution is 6.30. The van der Waals surface area contributed by atoms with Crippen LogP contribution in [0.15, 0.2) is 18.2 Å². The van der Waals surface area contributed by atoms with Crippen molar-refractivity contribution in [1.82, 2.24) is 0 Å². The fraction of sp³-hybridized carbons (Fsp3) is 0.500. The van der Waals surface area contributed by atoms with E-state index < -0.39 is 5.82 Å². The van der Waals surface area contributed by atoms with Gasteiger partial charge >= 0.3 is 0 Å². The SMILES string of the molecule is CC(C)(CN)CCOc1ccc(Cl)c(F)c1. The molecule has 0 aliphatic rings. The van der Waals surface area contributed by atoms with Gasteiger partial charge < -0.3 is 10.5 Å². The zero-order valence-electron chi connectivity index (χ0n) is 9.59. The Morgan fingerprint density at radius 2 is 2.12 bits per heavy atom. The second kappa shape index (κ2) is 5.51. The summed E-state index contributed by atoms with van der Waals surface area (Å²) >= 11 is 5.56. The van der Waals surface area contributed by atoms with Crippen molar-refractivity contribution in [1.29, 1.82) is 0 Å².